The molecule has 106 valence electrons. The summed E-state index contributed by atoms with van der Waals surface area (Å²) in [5.41, 5.74) is 1.53. The van der Waals surface area contributed by atoms with Gasteiger partial charge in [-0.25, -0.2) is 4.39 Å². The van der Waals surface area contributed by atoms with Crippen LogP contribution in [-0.2, 0) is 6.42 Å². The Morgan fingerprint density at radius 2 is 1.90 bits per heavy atom. The van der Waals surface area contributed by atoms with Crippen LogP contribution in [0, 0.1) is 5.82 Å². The molecule has 0 heterocycles. The number of halogens is 2. The second kappa shape index (κ2) is 6.86. The fourth-order valence-electron chi connectivity index (χ4n) is 2.02. The van der Waals surface area contributed by atoms with Crippen LogP contribution < -0.4 is 4.74 Å². The van der Waals surface area contributed by atoms with Crippen molar-refractivity contribution in [2.75, 3.05) is 6.61 Å². The minimum absolute atomic E-state index is 0.312. The zero-order chi connectivity index (χ0) is 14.5. The highest BCUT2D eigenvalue weighted by Crippen LogP contribution is 2.23. The topological polar surface area (TPSA) is 29.5 Å². The highest BCUT2D eigenvalue weighted by Gasteiger charge is 2.10. The Balaban J connectivity index is 2.08. The lowest BCUT2D eigenvalue weighted by Gasteiger charge is -2.12. The molecule has 0 spiro atoms. The van der Waals surface area contributed by atoms with Gasteiger partial charge in [0.05, 0.1) is 12.7 Å². The minimum atomic E-state index is -0.667. The van der Waals surface area contributed by atoms with Gasteiger partial charge < -0.3 is 9.84 Å². The average Bonchev–Trinajstić information content (AvgIpc) is 2.38. The van der Waals surface area contributed by atoms with Gasteiger partial charge in [-0.05, 0) is 48.4 Å². The fraction of sp³-hybridized carbons (Fsp3) is 0.250. The van der Waals surface area contributed by atoms with E-state index >= 15 is 0 Å². The SMILES string of the molecule is CCOc1ccc(C(O)Cc2cc(F)cc(Br)c2)cc1. The third kappa shape index (κ3) is 4.05. The quantitative estimate of drug-likeness (QED) is 0.882. The second-order valence-electron chi connectivity index (χ2n) is 4.50. The molecule has 1 N–H and O–H groups in total. The number of aliphatic hydroxyl groups excluding tert-OH is 1. The van der Waals surface area contributed by atoms with Gasteiger partial charge in [-0.15, -0.1) is 0 Å². The van der Waals surface area contributed by atoms with E-state index in [0.29, 0.717) is 17.5 Å². The second-order valence-corrected chi connectivity index (χ2v) is 5.42. The molecule has 20 heavy (non-hydrogen) atoms. The van der Waals surface area contributed by atoms with Gasteiger partial charge in [-0.2, -0.15) is 0 Å². The van der Waals surface area contributed by atoms with Gasteiger partial charge in [0.25, 0.3) is 0 Å². The first-order valence-corrected chi connectivity index (χ1v) is 7.23. The molecule has 0 saturated heterocycles. The number of rotatable bonds is 5. The first-order chi connectivity index (χ1) is 9.58. The van der Waals surface area contributed by atoms with Crippen LogP contribution in [0.1, 0.15) is 24.2 Å². The van der Waals surface area contributed by atoms with Crippen LogP contribution in [0.25, 0.3) is 0 Å². The van der Waals surface area contributed by atoms with Crippen molar-refractivity contribution in [1.82, 2.24) is 0 Å². The van der Waals surface area contributed by atoms with Crippen molar-refractivity contribution >= 4 is 15.9 Å². The summed E-state index contributed by atoms with van der Waals surface area (Å²) < 4.78 is 19.3. The minimum Gasteiger partial charge on any atom is -0.494 e. The third-order valence-corrected chi connectivity index (χ3v) is 3.39. The zero-order valence-corrected chi connectivity index (χ0v) is 12.7. The molecule has 0 aliphatic rings. The van der Waals surface area contributed by atoms with Crippen molar-refractivity contribution < 1.29 is 14.2 Å². The third-order valence-electron chi connectivity index (χ3n) is 2.93. The van der Waals surface area contributed by atoms with Crippen LogP contribution in [0.4, 0.5) is 4.39 Å². The Hall–Kier alpha value is -1.39. The van der Waals surface area contributed by atoms with Crippen LogP contribution in [0.15, 0.2) is 46.9 Å². The maximum Gasteiger partial charge on any atom is 0.124 e. The monoisotopic (exact) mass is 338 g/mol. The molecule has 1 unspecified atom stereocenters. The van der Waals surface area contributed by atoms with E-state index in [4.69, 9.17) is 4.74 Å². The molecule has 1 atom stereocenters. The molecule has 2 aromatic carbocycles. The zero-order valence-electron chi connectivity index (χ0n) is 11.1. The molecular formula is C16H16BrFO2. The first-order valence-electron chi connectivity index (χ1n) is 6.44. The van der Waals surface area contributed by atoms with E-state index < -0.39 is 6.10 Å². The van der Waals surface area contributed by atoms with Crippen molar-refractivity contribution in [3.63, 3.8) is 0 Å². The summed E-state index contributed by atoms with van der Waals surface area (Å²) >= 11 is 3.25. The van der Waals surface area contributed by atoms with Crippen molar-refractivity contribution in [3.8, 4) is 5.75 Å². The standard InChI is InChI=1S/C16H16BrFO2/c1-2-20-15-5-3-12(4-6-15)16(19)9-11-7-13(17)10-14(18)8-11/h3-8,10,16,19H,2,9H2,1H3. The van der Waals surface area contributed by atoms with Crippen molar-refractivity contribution in [2.45, 2.75) is 19.4 Å². The molecule has 2 nitrogen and oxygen atoms in total. The van der Waals surface area contributed by atoms with E-state index in [0.717, 1.165) is 16.9 Å². The Kier molecular flexibility index (Phi) is 5.15. The molecule has 0 radical (unpaired) electrons. The smallest absolute Gasteiger partial charge is 0.124 e. The summed E-state index contributed by atoms with van der Waals surface area (Å²) in [5, 5.41) is 10.2. The molecule has 0 bridgehead atoms. The first kappa shape index (κ1) is 15.0. The number of hydrogen-bond donors (Lipinski definition) is 1. The molecule has 0 fully saturated rings. The van der Waals surface area contributed by atoms with Crippen LogP contribution in [-0.4, -0.2) is 11.7 Å². The van der Waals surface area contributed by atoms with Gasteiger partial charge in [-0.3, -0.25) is 0 Å². The number of hydrogen-bond acceptors (Lipinski definition) is 2. The average molecular weight is 339 g/mol. The summed E-state index contributed by atoms with van der Waals surface area (Å²) in [6.45, 7) is 2.53. The predicted molar refractivity (Wildman–Crippen MR) is 80.4 cm³/mol. The van der Waals surface area contributed by atoms with Crippen molar-refractivity contribution in [2.24, 2.45) is 0 Å². The maximum atomic E-state index is 13.3. The molecule has 0 aromatic heterocycles. The van der Waals surface area contributed by atoms with Gasteiger partial charge in [-0.1, -0.05) is 28.1 Å². The molecule has 0 amide bonds. The van der Waals surface area contributed by atoms with Crippen LogP contribution in [0.3, 0.4) is 0 Å². The van der Waals surface area contributed by atoms with Crippen molar-refractivity contribution in [3.05, 3.63) is 63.9 Å². The summed E-state index contributed by atoms with van der Waals surface area (Å²) in [7, 11) is 0. The highest BCUT2D eigenvalue weighted by atomic mass is 79.9. The number of aliphatic hydroxyl groups is 1. The highest BCUT2D eigenvalue weighted by molar-refractivity contribution is 9.10. The molecule has 0 aliphatic heterocycles. The maximum absolute atomic E-state index is 13.3. The van der Waals surface area contributed by atoms with Gasteiger partial charge in [0, 0.05) is 10.9 Å². The Morgan fingerprint density at radius 1 is 1.20 bits per heavy atom. The largest absolute Gasteiger partial charge is 0.494 e. The van der Waals surface area contributed by atoms with E-state index in [9.17, 15) is 9.50 Å². The summed E-state index contributed by atoms with van der Waals surface area (Å²) in [5.74, 6) is 0.463. The van der Waals surface area contributed by atoms with E-state index in [2.05, 4.69) is 15.9 Å². The Bertz CT molecular complexity index is 549. The van der Waals surface area contributed by atoms with E-state index in [1.165, 1.54) is 12.1 Å². The normalized spacial score (nSPS) is 12.2. The Morgan fingerprint density at radius 3 is 2.50 bits per heavy atom. The lowest BCUT2D eigenvalue weighted by Crippen LogP contribution is -2.02. The molecular weight excluding hydrogens is 323 g/mol. The molecule has 0 aliphatic carbocycles. The molecule has 4 heteroatoms. The van der Waals surface area contributed by atoms with Gasteiger partial charge in [0.15, 0.2) is 0 Å². The van der Waals surface area contributed by atoms with Crippen LogP contribution in [0.2, 0.25) is 0 Å². The lowest BCUT2D eigenvalue weighted by atomic mass is 10.0. The summed E-state index contributed by atoms with van der Waals surface area (Å²) in [6.07, 6.45) is -0.302. The van der Waals surface area contributed by atoms with Crippen LogP contribution >= 0.6 is 15.9 Å². The predicted octanol–water partition coefficient (Wildman–Crippen LogP) is 4.26. The summed E-state index contributed by atoms with van der Waals surface area (Å²) in [6, 6.07) is 11.9. The Labute approximate surface area is 126 Å². The fourth-order valence-corrected chi connectivity index (χ4v) is 2.54. The van der Waals surface area contributed by atoms with Gasteiger partial charge in [0.2, 0.25) is 0 Å². The number of benzene rings is 2. The van der Waals surface area contributed by atoms with E-state index in [1.54, 1.807) is 6.07 Å². The molecule has 2 aromatic rings. The lowest BCUT2D eigenvalue weighted by molar-refractivity contribution is 0.178. The van der Waals surface area contributed by atoms with E-state index in [1.807, 2.05) is 31.2 Å². The van der Waals surface area contributed by atoms with Gasteiger partial charge in [0.1, 0.15) is 11.6 Å². The van der Waals surface area contributed by atoms with Gasteiger partial charge >= 0.3 is 0 Å². The molecule has 0 saturated carbocycles. The number of ether oxygens (including phenoxy) is 1. The van der Waals surface area contributed by atoms with Crippen molar-refractivity contribution in [1.29, 1.82) is 0 Å². The molecule has 2 rings (SSSR count). The van der Waals surface area contributed by atoms with E-state index in [-0.39, 0.29) is 5.82 Å². The van der Waals surface area contributed by atoms with Crippen LogP contribution in [0.5, 0.6) is 5.75 Å². The summed E-state index contributed by atoms with van der Waals surface area (Å²) in [4.78, 5) is 0.